The topological polar surface area (TPSA) is 307 Å². The smallest absolute Gasteiger partial charge is 0.220 e. The summed E-state index contributed by atoms with van der Waals surface area (Å²) in [6.07, 6.45) is 13.2. The highest BCUT2D eigenvalue weighted by Crippen LogP contribution is 2.33. The monoisotopic (exact) mass is 1080 g/mol. The second kappa shape index (κ2) is 40.7. The Balaban J connectivity index is 1.34. The number of nitrogens with one attached hydrogen (secondary N) is 1. The van der Waals surface area contributed by atoms with Crippen molar-refractivity contribution in [3.63, 3.8) is 0 Å². The van der Waals surface area contributed by atoms with Crippen LogP contribution in [-0.4, -0.2) is 193 Å². The fourth-order valence-corrected chi connectivity index (χ4v) is 10.2. The molecule has 3 fully saturated rings. The van der Waals surface area contributed by atoms with E-state index in [1.807, 2.05) is 13.0 Å². The molecule has 17 unspecified atom stereocenters. The first-order chi connectivity index (χ1) is 36.3. The summed E-state index contributed by atoms with van der Waals surface area (Å²) in [5, 5.41) is 119. The van der Waals surface area contributed by atoms with Crippen LogP contribution in [0, 0.1) is 0 Å². The molecule has 0 aliphatic carbocycles. The maximum absolute atomic E-state index is 13.2. The second-order valence-corrected chi connectivity index (χ2v) is 21.5. The van der Waals surface area contributed by atoms with Crippen molar-refractivity contribution < 1.29 is 89.4 Å². The van der Waals surface area contributed by atoms with Gasteiger partial charge in [0.1, 0.15) is 73.2 Å². The Morgan fingerprint density at radius 1 is 0.467 bits per heavy atom. The summed E-state index contributed by atoms with van der Waals surface area (Å²) < 4.78 is 34.0. The summed E-state index contributed by atoms with van der Waals surface area (Å²) >= 11 is 0. The number of carbonyl (C=O) groups excluding carboxylic acids is 1. The lowest BCUT2D eigenvalue weighted by atomic mass is 9.96. The molecule has 0 spiro atoms. The van der Waals surface area contributed by atoms with E-state index in [1.54, 1.807) is 6.08 Å². The number of rotatable bonds is 43. The molecule has 3 rings (SSSR count). The van der Waals surface area contributed by atoms with E-state index >= 15 is 0 Å². The fraction of sp³-hybridized carbons (Fsp3) is 0.946. The number of hydrogen-bond donors (Lipinski definition) is 12. The number of amides is 1. The molecule has 3 aliphatic heterocycles. The van der Waals surface area contributed by atoms with E-state index in [0.717, 1.165) is 32.1 Å². The Labute approximate surface area is 448 Å². The van der Waals surface area contributed by atoms with E-state index in [-0.39, 0.29) is 18.9 Å². The van der Waals surface area contributed by atoms with Crippen molar-refractivity contribution >= 4 is 5.91 Å². The molecule has 17 atom stereocenters. The van der Waals surface area contributed by atoms with E-state index in [0.29, 0.717) is 12.8 Å². The zero-order valence-corrected chi connectivity index (χ0v) is 45.8. The van der Waals surface area contributed by atoms with Crippen molar-refractivity contribution in [1.29, 1.82) is 0 Å². The molecule has 75 heavy (non-hydrogen) atoms. The predicted molar refractivity (Wildman–Crippen MR) is 282 cm³/mol. The summed E-state index contributed by atoms with van der Waals surface area (Å²) in [5.41, 5.74) is 0. The van der Waals surface area contributed by atoms with Gasteiger partial charge in [0.05, 0.1) is 38.6 Å². The molecule has 0 bridgehead atoms. The van der Waals surface area contributed by atoms with Gasteiger partial charge in [0.15, 0.2) is 18.9 Å². The first-order valence-electron chi connectivity index (χ1n) is 29.4. The van der Waals surface area contributed by atoms with Gasteiger partial charge < -0.3 is 89.9 Å². The number of hydrogen-bond acceptors (Lipinski definition) is 18. The minimum absolute atomic E-state index is 0.247. The molecule has 1 amide bonds. The van der Waals surface area contributed by atoms with Gasteiger partial charge in [0.2, 0.25) is 5.91 Å². The average molecular weight is 1080 g/mol. The third-order valence-electron chi connectivity index (χ3n) is 15.1. The molecule has 442 valence electrons. The maximum atomic E-state index is 13.2. The quantitative estimate of drug-likeness (QED) is 0.0293. The SMILES string of the molecule is CCCC/C=C/C(O)C(COC1OC(CO)C(OC2OC(CO)C(OC3OC(CO)C(O)C(O)C3O)C(O)C2O)C(O)C1O)NC(=O)CCCCCCCCCCCCCCCCCCCCCCCCCCCC. The fourth-order valence-electron chi connectivity index (χ4n) is 10.2. The Kier molecular flexibility index (Phi) is 36.8. The lowest BCUT2D eigenvalue weighted by molar-refractivity contribution is -0.379. The number of allylic oxidation sites excluding steroid dienone is 1. The van der Waals surface area contributed by atoms with Crippen molar-refractivity contribution in [1.82, 2.24) is 5.32 Å². The molecular weight excluding hydrogens is 975 g/mol. The van der Waals surface area contributed by atoms with Gasteiger partial charge in [-0.05, 0) is 12.8 Å². The Hall–Kier alpha value is -1.47. The van der Waals surface area contributed by atoms with Crippen LogP contribution in [0.25, 0.3) is 0 Å². The van der Waals surface area contributed by atoms with Crippen LogP contribution in [-0.2, 0) is 33.2 Å². The van der Waals surface area contributed by atoms with Gasteiger partial charge in [-0.3, -0.25) is 4.79 Å². The van der Waals surface area contributed by atoms with Gasteiger partial charge in [-0.1, -0.05) is 199 Å². The van der Waals surface area contributed by atoms with Crippen LogP contribution in [0.5, 0.6) is 0 Å². The van der Waals surface area contributed by atoms with E-state index in [4.69, 9.17) is 28.4 Å². The predicted octanol–water partition coefficient (Wildman–Crippen LogP) is 4.60. The van der Waals surface area contributed by atoms with Gasteiger partial charge in [-0.2, -0.15) is 0 Å². The number of unbranched alkanes of at least 4 members (excludes halogenated alkanes) is 27. The third kappa shape index (κ3) is 25.3. The lowest BCUT2D eigenvalue weighted by Gasteiger charge is -2.48. The molecular formula is C56H105NO18. The van der Waals surface area contributed by atoms with Gasteiger partial charge in [-0.25, -0.2) is 0 Å². The average Bonchev–Trinajstić information content (AvgIpc) is 3.41. The molecule has 0 saturated carbocycles. The molecule has 0 aromatic heterocycles. The van der Waals surface area contributed by atoms with E-state index in [9.17, 15) is 61.0 Å². The molecule has 0 aromatic rings. The van der Waals surface area contributed by atoms with Crippen molar-refractivity contribution in [3.05, 3.63) is 12.2 Å². The third-order valence-corrected chi connectivity index (χ3v) is 15.1. The normalized spacial score (nSPS) is 31.2. The van der Waals surface area contributed by atoms with E-state index in [1.165, 1.54) is 141 Å². The molecule has 0 radical (unpaired) electrons. The minimum atomic E-state index is -1.97. The van der Waals surface area contributed by atoms with Crippen molar-refractivity contribution in [2.75, 3.05) is 26.4 Å². The van der Waals surface area contributed by atoms with Gasteiger partial charge in [0.25, 0.3) is 0 Å². The van der Waals surface area contributed by atoms with Crippen LogP contribution in [0.4, 0.5) is 0 Å². The molecule has 3 saturated heterocycles. The molecule has 3 aliphatic rings. The highest BCUT2D eigenvalue weighted by Gasteiger charge is 2.53. The first kappa shape index (κ1) is 67.8. The minimum Gasteiger partial charge on any atom is -0.394 e. The Morgan fingerprint density at radius 3 is 1.24 bits per heavy atom. The summed E-state index contributed by atoms with van der Waals surface area (Å²) in [5.74, 6) is -0.281. The Morgan fingerprint density at radius 2 is 0.827 bits per heavy atom. The van der Waals surface area contributed by atoms with Crippen LogP contribution >= 0.6 is 0 Å². The maximum Gasteiger partial charge on any atom is 0.220 e. The highest BCUT2D eigenvalue weighted by molar-refractivity contribution is 5.76. The van der Waals surface area contributed by atoms with Gasteiger partial charge in [0, 0.05) is 6.42 Å². The standard InChI is InChI=1S/C56H105NO18/c1-3-5-7-9-10-11-12-13-14-15-16-17-18-19-20-21-22-23-24-25-26-27-28-29-30-32-34-44(62)57-39(40(61)33-31-8-6-4-2)38-70-54-50(68)47(65)52(42(36-59)72-54)75-56-51(69)48(66)53(43(37-60)73-56)74-55-49(67)46(64)45(63)41(35-58)71-55/h31,33,39-43,45-56,58-61,63-69H,3-30,32,34-38H2,1-2H3,(H,57,62)/b33-31+. The van der Waals surface area contributed by atoms with Crippen LogP contribution < -0.4 is 5.32 Å². The van der Waals surface area contributed by atoms with Crippen molar-refractivity contribution in [2.45, 2.75) is 311 Å². The molecule has 12 N–H and O–H groups in total. The van der Waals surface area contributed by atoms with Crippen molar-refractivity contribution in [2.24, 2.45) is 0 Å². The van der Waals surface area contributed by atoms with Crippen LogP contribution in [0.15, 0.2) is 12.2 Å². The number of aliphatic hydroxyl groups is 11. The first-order valence-corrected chi connectivity index (χ1v) is 29.4. The number of carbonyl (C=O) groups is 1. The number of aliphatic hydroxyl groups excluding tert-OH is 11. The zero-order valence-electron chi connectivity index (χ0n) is 45.8. The summed E-state index contributed by atoms with van der Waals surface area (Å²) in [6.45, 7) is 1.56. The Bertz CT molecular complexity index is 1430. The van der Waals surface area contributed by atoms with Crippen LogP contribution in [0.2, 0.25) is 0 Å². The molecule has 19 heteroatoms. The van der Waals surface area contributed by atoms with Gasteiger partial charge in [-0.15, -0.1) is 0 Å². The molecule has 19 nitrogen and oxygen atoms in total. The largest absolute Gasteiger partial charge is 0.394 e. The summed E-state index contributed by atoms with van der Waals surface area (Å²) in [7, 11) is 0. The summed E-state index contributed by atoms with van der Waals surface area (Å²) in [4.78, 5) is 13.2. The highest BCUT2D eigenvalue weighted by atomic mass is 16.8. The summed E-state index contributed by atoms with van der Waals surface area (Å²) in [6, 6.07) is -0.963. The van der Waals surface area contributed by atoms with Crippen LogP contribution in [0.1, 0.15) is 206 Å². The van der Waals surface area contributed by atoms with E-state index < -0.39 is 124 Å². The van der Waals surface area contributed by atoms with Gasteiger partial charge >= 0.3 is 0 Å². The second-order valence-electron chi connectivity index (χ2n) is 21.5. The zero-order chi connectivity index (χ0) is 54.8. The molecule has 3 heterocycles. The number of ether oxygens (including phenoxy) is 6. The van der Waals surface area contributed by atoms with Crippen molar-refractivity contribution in [3.8, 4) is 0 Å². The van der Waals surface area contributed by atoms with Crippen LogP contribution in [0.3, 0.4) is 0 Å². The molecule has 0 aromatic carbocycles. The lowest BCUT2D eigenvalue weighted by Crippen LogP contribution is -2.66. The van der Waals surface area contributed by atoms with E-state index in [2.05, 4.69) is 12.2 Å².